The number of fused-ring (bicyclic) bond motifs is 1. The lowest BCUT2D eigenvalue weighted by atomic mass is 10.1. The van der Waals surface area contributed by atoms with Crippen LogP contribution in [0.25, 0.3) is 10.2 Å². The Balaban J connectivity index is 2.23. The summed E-state index contributed by atoms with van der Waals surface area (Å²) in [6.07, 6.45) is 0. The summed E-state index contributed by atoms with van der Waals surface area (Å²) in [5.74, 6) is 0. The van der Waals surface area contributed by atoms with Crippen molar-refractivity contribution in [3.63, 3.8) is 0 Å². The zero-order chi connectivity index (χ0) is 10.7. The molecule has 0 bridgehead atoms. The predicted molar refractivity (Wildman–Crippen MR) is 63.3 cm³/mol. The van der Waals surface area contributed by atoms with Gasteiger partial charge in [0.25, 0.3) is 6.47 Å². The molecular formula is C10H8BrNO2S. The molecule has 78 valence electrons. The number of thiazole rings is 1. The fourth-order valence-electron chi connectivity index (χ4n) is 1.29. The summed E-state index contributed by atoms with van der Waals surface area (Å²) in [4.78, 5) is 14.3. The second-order valence-electron chi connectivity index (χ2n) is 2.98. The number of nitrogens with zero attached hydrogens (tertiary/aromatic N) is 1. The summed E-state index contributed by atoms with van der Waals surface area (Å²) in [5, 5.41) is 0. The predicted octanol–water partition coefficient (Wildman–Crippen LogP) is 2.91. The van der Waals surface area contributed by atoms with Crippen LogP contribution in [0.4, 0.5) is 0 Å². The van der Waals surface area contributed by atoms with Crippen LogP contribution in [0.5, 0.6) is 0 Å². The second-order valence-corrected chi connectivity index (χ2v) is 4.97. The van der Waals surface area contributed by atoms with E-state index in [9.17, 15) is 4.79 Å². The first-order valence-electron chi connectivity index (χ1n) is 4.33. The first-order valence-corrected chi connectivity index (χ1v) is 6.13. The molecule has 0 saturated carbocycles. The van der Waals surface area contributed by atoms with Crippen LogP contribution in [0.15, 0.2) is 23.7 Å². The van der Waals surface area contributed by atoms with Crippen molar-refractivity contribution in [2.45, 2.75) is 4.83 Å². The Kier molecular flexibility index (Phi) is 3.33. The SMILES string of the molecule is O=COCC(Br)c1ccc2ncsc2c1. The highest BCUT2D eigenvalue weighted by Gasteiger charge is 2.09. The van der Waals surface area contributed by atoms with Gasteiger partial charge in [0.15, 0.2) is 0 Å². The smallest absolute Gasteiger partial charge is 0.293 e. The molecule has 1 atom stereocenters. The van der Waals surface area contributed by atoms with Gasteiger partial charge in [-0.25, -0.2) is 4.98 Å². The number of aromatic nitrogens is 1. The molecule has 2 rings (SSSR count). The fourth-order valence-corrected chi connectivity index (χ4v) is 2.45. The van der Waals surface area contributed by atoms with Gasteiger partial charge in [0, 0.05) is 0 Å². The van der Waals surface area contributed by atoms with E-state index in [1.165, 1.54) is 0 Å². The van der Waals surface area contributed by atoms with E-state index in [1.54, 1.807) is 11.3 Å². The number of alkyl halides is 1. The van der Waals surface area contributed by atoms with Crippen molar-refractivity contribution in [1.82, 2.24) is 4.98 Å². The van der Waals surface area contributed by atoms with Gasteiger partial charge in [-0.05, 0) is 17.7 Å². The topological polar surface area (TPSA) is 39.2 Å². The van der Waals surface area contributed by atoms with E-state index in [0.717, 1.165) is 15.8 Å². The number of hydrogen-bond donors (Lipinski definition) is 0. The number of carbonyl (C=O) groups excluding carboxylic acids is 1. The van der Waals surface area contributed by atoms with Crippen molar-refractivity contribution in [2.24, 2.45) is 0 Å². The molecule has 0 saturated heterocycles. The highest BCUT2D eigenvalue weighted by atomic mass is 79.9. The molecule has 0 aliphatic heterocycles. The highest BCUT2D eigenvalue weighted by molar-refractivity contribution is 9.09. The Morgan fingerprint density at radius 2 is 2.47 bits per heavy atom. The number of benzene rings is 1. The molecule has 1 aromatic heterocycles. The van der Waals surface area contributed by atoms with Gasteiger partial charge in [0.2, 0.25) is 0 Å². The van der Waals surface area contributed by atoms with Gasteiger partial charge in [-0.15, -0.1) is 11.3 Å². The van der Waals surface area contributed by atoms with Crippen LogP contribution < -0.4 is 0 Å². The molecule has 0 aliphatic carbocycles. The Bertz CT molecular complexity index is 471. The molecule has 3 nitrogen and oxygen atoms in total. The normalized spacial score (nSPS) is 12.6. The third-order valence-electron chi connectivity index (χ3n) is 2.03. The molecule has 1 unspecified atom stereocenters. The quantitative estimate of drug-likeness (QED) is 0.641. The van der Waals surface area contributed by atoms with Crippen molar-refractivity contribution in [2.75, 3.05) is 6.61 Å². The van der Waals surface area contributed by atoms with Gasteiger partial charge in [-0.3, -0.25) is 4.79 Å². The lowest BCUT2D eigenvalue weighted by Crippen LogP contribution is -2.00. The molecule has 0 amide bonds. The molecule has 0 N–H and O–H groups in total. The zero-order valence-corrected chi connectivity index (χ0v) is 10.1. The maximum Gasteiger partial charge on any atom is 0.293 e. The van der Waals surface area contributed by atoms with Crippen LogP contribution in [0.3, 0.4) is 0 Å². The van der Waals surface area contributed by atoms with Gasteiger partial charge in [0.1, 0.15) is 6.61 Å². The van der Waals surface area contributed by atoms with E-state index in [0.29, 0.717) is 13.1 Å². The molecule has 1 aromatic carbocycles. The molecule has 15 heavy (non-hydrogen) atoms. The molecule has 0 spiro atoms. The minimum Gasteiger partial charge on any atom is -0.466 e. The van der Waals surface area contributed by atoms with Crippen molar-refractivity contribution in [1.29, 1.82) is 0 Å². The van der Waals surface area contributed by atoms with E-state index in [4.69, 9.17) is 4.74 Å². The Labute approximate surface area is 99.2 Å². The molecular weight excluding hydrogens is 278 g/mol. The maximum absolute atomic E-state index is 10.1. The summed E-state index contributed by atoms with van der Waals surface area (Å²) in [6, 6.07) is 6.01. The highest BCUT2D eigenvalue weighted by Crippen LogP contribution is 2.27. The third-order valence-corrected chi connectivity index (χ3v) is 3.61. The molecule has 0 aliphatic rings. The van der Waals surface area contributed by atoms with Crippen LogP contribution in [0, 0.1) is 0 Å². The van der Waals surface area contributed by atoms with Gasteiger partial charge in [0.05, 0.1) is 20.6 Å². The Morgan fingerprint density at radius 3 is 3.27 bits per heavy atom. The largest absolute Gasteiger partial charge is 0.466 e. The van der Waals surface area contributed by atoms with E-state index in [2.05, 4.69) is 27.0 Å². The lowest BCUT2D eigenvalue weighted by molar-refractivity contribution is -0.128. The van der Waals surface area contributed by atoms with Crippen LogP contribution in [-0.4, -0.2) is 18.1 Å². The summed E-state index contributed by atoms with van der Waals surface area (Å²) in [6.45, 7) is 0.799. The van der Waals surface area contributed by atoms with Crippen molar-refractivity contribution in [3.8, 4) is 0 Å². The van der Waals surface area contributed by atoms with Crippen molar-refractivity contribution < 1.29 is 9.53 Å². The van der Waals surface area contributed by atoms with Gasteiger partial charge in [-0.2, -0.15) is 0 Å². The lowest BCUT2D eigenvalue weighted by Gasteiger charge is -2.08. The van der Waals surface area contributed by atoms with Gasteiger partial charge in [-0.1, -0.05) is 22.0 Å². The first-order chi connectivity index (χ1) is 7.31. The van der Waals surface area contributed by atoms with Crippen LogP contribution in [-0.2, 0) is 9.53 Å². The minimum absolute atomic E-state index is 0.0363. The zero-order valence-electron chi connectivity index (χ0n) is 7.72. The van der Waals surface area contributed by atoms with Crippen molar-refractivity contribution in [3.05, 3.63) is 29.3 Å². The van der Waals surface area contributed by atoms with Crippen molar-refractivity contribution >= 4 is 44.0 Å². The summed E-state index contributed by atoms with van der Waals surface area (Å²) >= 11 is 5.06. The van der Waals surface area contributed by atoms with E-state index in [1.807, 2.05) is 17.6 Å². The van der Waals surface area contributed by atoms with E-state index < -0.39 is 0 Å². The number of halogens is 1. The number of ether oxygens (including phenoxy) is 1. The average molecular weight is 286 g/mol. The molecule has 5 heteroatoms. The molecule has 2 aromatic rings. The van der Waals surface area contributed by atoms with Crippen LogP contribution in [0.1, 0.15) is 10.4 Å². The second kappa shape index (κ2) is 4.72. The summed E-state index contributed by atoms with van der Waals surface area (Å²) < 4.78 is 5.85. The fraction of sp³-hybridized carbons (Fsp3) is 0.200. The number of carbonyl (C=O) groups is 1. The monoisotopic (exact) mass is 285 g/mol. The third kappa shape index (κ3) is 2.35. The Hall–Kier alpha value is -0.940. The van der Waals surface area contributed by atoms with Gasteiger partial charge >= 0.3 is 0 Å². The molecule has 0 fully saturated rings. The Morgan fingerprint density at radius 1 is 1.60 bits per heavy atom. The average Bonchev–Trinajstić information content (AvgIpc) is 2.72. The maximum atomic E-state index is 10.1. The standard InChI is InChI=1S/C10H8BrNO2S/c11-8(4-14-6-13)7-1-2-9-10(3-7)15-5-12-9/h1-3,5-6,8H,4H2. The minimum atomic E-state index is 0.0363. The molecule has 0 radical (unpaired) electrons. The summed E-state index contributed by atoms with van der Waals surface area (Å²) in [5.41, 5.74) is 3.91. The number of hydrogen-bond acceptors (Lipinski definition) is 4. The first kappa shape index (κ1) is 10.6. The van der Waals surface area contributed by atoms with E-state index >= 15 is 0 Å². The van der Waals surface area contributed by atoms with Crippen LogP contribution in [0.2, 0.25) is 0 Å². The molecule has 1 heterocycles. The van der Waals surface area contributed by atoms with Gasteiger partial charge < -0.3 is 4.74 Å². The number of rotatable bonds is 4. The van der Waals surface area contributed by atoms with E-state index in [-0.39, 0.29) is 4.83 Å². The summed E-state index contributed by atoms with van der Waals surface area (Å²) in [7, 11) is 0. The van der Waals surface area contributed by atoms with Crippen LogP contribution >= 0.6 is 27.3 Å².